The van der Waals surface area contributed by atoms with Crippen molar-refractivity contribution in [3.8, 4) is 0 Å². The minimum atomic E-state index is -4.00. The zero-order valence-electron chi connectivity index (χ0n) is 11.2. The van der Waals surface area contributed by atoms with E-state index in [2.05, 4.69) is 9.71 Å². The maximum absolute atomic E-state index is 12.3. The molecule has 1 aromatic heterocycles. The van der Waals surface area contributed by atoms with Crippen LogP contribution in [0.2, 0.25) is 0 Å². The van der Waals surface area contributed by atoms with Gasteiger partial charge in [-0.25, -0.2) is 21.8 Å². The maximum Gasteiger partial charge on any atom is 0.265 e. The molecule has 0 bridgehead atoms. The quantitative estimate of drug-likeness (QED) is 0.803. The van der Waals surface area contributed by atoms with Gasteiger partial charge in [-0.05, 0) is 25.1 Å². The second-order valence-corrected chi connectivity index (χ2v) is 8.90. The van der Waals surface area contributed by atoms with Crippen molar-refractivity contribution in [3.63, 3.8) is 0 Å². The number of nitrogen functional groups attached to an aromatic ring is 1. The Balaban J connectivity index is 2.49. The largest absolute Gasteiger partial charge is 0.398 e. The van der Waals surface area contributed by atoms with Gasteiger partial charge < -0.3 is 5.73 Å². The monoisotopic (exact) mass is 347 g/mol. The van der Waals surface area contributed by atoms with Crippen molar-refractivity contribution in [2.24, 2.45) is 0 Å². The molecule has 1 heterocycles. The summed E-state index contributed by atoms with van der Waals surface area (Å²) in [6.07, 6.45) is 0.993. The normalized spacial score (nSPS) is 12.3. The van der Waals surface area contributed by atoms with Crippen molar-refractivity contribution in [2.75, 3.05) is 16.7 Å². The van der Waals surface area contributed by atoms with Gasteiger partial charge in [0, 0.05) is 11.6 Å². The van der Waals surface area contributed by atoms with Gasteiger partial charge in [-0.1, -0.05) is 0 Å². The molecular weight excluding hydrogens is 334 g/mol. The van der Waals surface area contributed by atoms with Crippen LogP contribution in [0.3, 0.4) is 0 Å². The number of nitrogens with two attached hydrogens (primary N) is 1. The van der Waals surface area contributed by atoms with Crippen LogP contribution in [0.1, 0.15) is 5.69 Å². The number of hydrogen-bond donors (Lipinski definition) is 2. The van der Waals surface area contributed by atoms with E-state index in [1.54, 1.807) is 12.3 Å². The Labute approximate surface area is 126 Å². The molecule has 1 aromatic carbocycles. The fraction of sp³-hybridized carbons (Fsp3) is 0.182. The highest BCUT2D eigenvalue weighted by Crippen LogP contribution is 2.26. The summed E-state index contributed by atoms with van der Waals surface area (Å²) in [5, 5.41) is 1.88. The van der Waals surface area contributed by atoms with E-state index in [1.165, 1.54) is 12.1 Å². The Morgan fingerprint density at radius 1 is 1.24 bits per heavy atom. The number of thiazole rings is 1. The van der Waals surface area contributed by atoms with Crippen molar-refractivity contribution in [1.29, 1.82) is 0 Å². The highest BCUT2D eigenvalue weighted by atomic mass is 32.2. The lowest BCUT2D eigenvalue weighted by Crippen LogP contribution is -2.15. The number of aromatic nitrogens is 1. The average molecular weight is 347 g/mol. The predicted octanol–water partition coefficient (Wildman–Crippen LogP) is 1.24. The molecule has 0 radical (unpaired) electrons. The van der Waals surface area contributed by atoms with Crippen LogP contribution in [0.25, 0.3) is 0 Å². The summed E-state index contributed by atoms with van der Waals surface area (Å²) in [6, 6.07) is 3.54. The first kappa shape index (κ1) is 15.7. The molecule has 0 aliphatic rings. The highest BCUT2D eigenvalue weighted by molar-refractivity contribution is 7.93. The van der Waals surface area contributed by atoms with Crippen LogP contribution in [-0.4, -0.2) is 28.1 Å². The summed E-state index contributed by atoms with van der Waals surface area (Å²) in [5.74, 6) is 0. The van der Waals surface area contributed by atoms with Crippen molar-refractivity contribution >= 4 is 42.0 Å². The predicted molar refractivity (Wildman–Crippen MR) is 81.6 cm³/mol. The van der Waals surface area contributed by atoms with E-state index in [-0.39, 0.29) is 20.6 Å². The third kappa shape index (κ3) is 3.52. The zero-order chi connectivity index (χ0) is 15.8. The molecule has 0 saturated carbocycles. The van der Waals surface area contributed by atoms with E-state index in [0.717, 1.165) is 23.7 Å². The molecule has 10 heteroatoms. The smallest absolute Gasteiger partial charge is 0.265 e. The minimum Gasteiger partial charge on any atom is -0.398 e. The SMILES string of the molecule is Cc1csc(NS(=O)(=O)c2cc(S(C)(=O)=O)ccc2N)n1. The highest BCUT2D eigenvalue weighted by Gasteiger charge is 2.21. The number of benzene rings is 1. The van der Waals surface area contributed by atoms with Gasteiger partial charge in [0.25, 0.3) is 10.0 Å². The van der Waals surface area contributed by atoms with E-state index in [9.17, 15) is 16.8 Å². The fourth-order valence-electron chi connectivity index (χ4n) is 1.55. The lowest BCUT2D eigenvalue weighted by molar-refractivity contribution is 0.600. The second-order valence-electron chi connectivity index (χ2n) is 4.37. The Morgan fingerprint density at radius 2 is 1.90 bits per heavy atom. The van der Waals surface area contributed by atoms with Crippen LogP contribution in [0, 0.1) is 6.92 Å². The molecule has 0 saturated heterocycles. The van der Waals surface area contributed by atoms with E-state index in [1.807, 2.05) is 0 Å². The van der Waals surface area contributed by atoms with E-state index in [4.69, 9.17) is 5.73 Å². The second kappa shape index (κ2) is 5.28. The molecule has 3 N–H and O–H groups in total. The van der Waals surface area contributed by atoms with E-state index < -0.39 is 19.9 Å². The first-order chi connectivity index (χ1) is 9.59. The summed E-state index contributed by atoms with van der Waals surface area (Å²) < 4.78 is 49.9. The van der Waals surface area contributed by atoms with Crippen LogP contribution in [0.15, 0.2) is 33.4 Å². The van der Waals surface area contributed by atoms with Gasteiger partial charge in [-0.15, -0.1) is 11.3 Å². The number of sulfonamides is 1. The summed E-state index contributed by atoms with van der Waals surface area (Å²) in [4.78, 5) is 3.58. The maximum atomic E-state index is 12.3. The van der Waals surface area contributed by atoms with Gasteiger partial charge in [0.15, 0.2) is 15.0 Å². The number of sulfone groups is 1. The van der Waals surface area contributed by atoms with Crippen LogP contribution >= 0.6 is 11.3 Å². The average Bonchev–Trinajstić information content (AvgIpc) is 2.72. The Bertz CT molecular complexity index is 885. The van der Waals surface area contributed by atoms with Crippen LogP contribution in [0.5, 0.6) is 0 Å². The zero-order valence-corrected chi connectivity index (χ0v) is 13.6. The molecule has 2 rings (SSSR count). The Kier molecular flexibility index (Phi) is 3.95. The molecule has 0 amide bonds. The third-order valence-corrected chi connectivity index (χ3v) is 6.05. The van der Waals surface area contributed by atoms with Crippen molar-refractivity contribution in [2.45, 2.75) is 16.7 Å². The van der Waals surface area contributed by atoms with Crippen molar-refractivity contribution < 1.29 is 16.8 Å². The summed E-state index contributed by atoms with van der Waals surface area (Å²) in [7, 11) is -7.54. The summed E-state index contributed by atoms with van der Waals surface area (Å²) in [6.45, 7) is 1.73. The number of aryl methyl sites for hydroxylation is 1. The fourth-order valence-corrected chi connectivity index (χ4v) is 4.37. The topological polar surface area (TPSA) is 119 Å². The van der Waals surface area contributed by atoms with Gasteiger partial charge in [-0.2, -0.15) is 0 Å². The lowest BCUT2D eigenvalue weighted by atomic mass is 10.3. The Morgan fingerprint density at radius 3 is 2.43 bits per heavy atom. The van der Waals surface area contributed by atoms with E-state index in [0.29, 0.717) is 5.69 Å². The molecule has 114 valence electrons. The van der Waals surface area contributed by atoms with Gasteiger partial charge >= 0.3 is 0 Å². The first-order valence-electron chi connectivity index (χ1n) is 5.64. The molecule has 7 nitrogen and oxygen atoms in total. The molecule has 0 atom stereocenters. The van der Waals surface area contributed by atoms with Gasteiger partial charge in [0.05, 0.1) is 16.3 Å². The third-order valence-electron chi connectivity index (χ3n) is 2.54. The molecule has 0 unspecified atom stereocenters. The Hall–Kier alpha value is -1.65. The van der Waals surface area contributed by atoms with Crippen LogP contribution in [0.4, 0.5) is 10.8 Å². The number of hydrogen-bond acceptors (Lipinski definition) is 7. The molecule has 21 heavy (non-hydrogen) atoms. The van der Waals surface area contributed by atoms with Gasteiger partial charge in [0.2, 0.25) is 0 Å². The molecular formula is C11H13N3O4S3. The lowest BCUT2D eigenvalue weighted by Gasteiger charge is -2.09. The van der Waals surface area contributed by atoms with Gasteiger partial charge in [-0.3, -0.25) is 4.72 Å². The van der Waals surface area contributed by atoms with Crippen LogP contribution < -0.4 is 10.5 Å². The summed E-state index contributed by atoms with van der Waals surface area (Å²) >= 11 is 1.13. The van der Waals surface area contributed by atoms with Crippen molar-refractivity contribution in [3.05, 3.63) is 29.3 Å². The van der Waals surface area contributed by atoms with Gasteiger partial charge in [0.1, 0.15) is 4.90 Å². The molecule has 2 aromatic rings. The van der Waals surface area contributed by atoms with E-state index >= 15 is 0 Å². The molecule has 0 aliphatic carbocycles. The molecule has 0 aliphatic heterocycles. The van der Waals surface area contributed by atoms with Crippen molar-refractivity contribution in [1.82, 2.24) is 4.98 Å². The van der Waals surface area contributed by atoms with Crippen LogP contribution in [-0.2, 0) is 19.9 Å². The minimum absolute atomic E-state index is 0.0387. The standard InChI is InChI=1S/C11H13N3O4S3/c1-7-6-19-11(13-7)14-21(17,18)10-5-8(20(2,15)16)3-4-9(10)12/h3-6H,12H2,1-2H3,(H,13,14). The number of nitrogens with one attached hydrogen (secondary N) is 1. The summed E-state index contributed by atoms with van der Waals surface area (Å²) in [5.41, 5.74) is 6.28. The molecule has 0 spiro atoms. The first-order valence-corrected chi connectivity index (χ1v) is 9.89. The number of rotatable bonds is 4. The molecule has 0 fully saturated rings. The number of nitrogens with zero attached hydrogens (tertiary/aromatic N) is 1. The number of anilines is 2.